The second kappa shape index (κ2) is 7.52. The van der Waals surface area contributed by atoms with Crippen molar-refractivity contribution < 1.29 is 21.7 Å². The SMILES string of the molecule is O=c1c2ccc(N3CCN(S(=O)(=O)c4cnoc4)CC3)cc2ncn1CC(F)F. The number of hydrogen-bond acceptors (Lipinski definition) is 7. The smallest absolute Gasteiger partial charge is 0.261 e. The highest BCUT2D eigenvalue weighted by molar-refractivity contribution is 7.89. The number of nitrogens with zero attached hydrogens (tertiary/aromatic N) is 5. The first-order valence-corrected chi connectivity index (χ1v) is 10.2. The van der Waals surface area contributed by atoms with E-state index in [1.807, 2.05) is 4.90 Å². The van der Waals surface area contributed by atoms with Crippen LogP contribution in [0.3, 0.4) is 0 Å². The third-order valence-corrected chi connectivity index (χ3v) is 6.64. The van der Waals surface area contributed by atoms with Crippen molar-refractivity contribution in [2.45, 2.75) is 17.9 Å². The van der Waals surface area contributed by atoms with Crippen LogP contribution < -0.4 is 10.5 Å². The number of rotatable bonds is 5. The number of alkyl halides is 2. The maximum Gasteiger partial charge on any atom is 0.261 e. The Labute approximate surface area is 164 Å². The molecule has 12 heteroatoms. The van der Waals surface area contributed by atoms with Crippen LogP contribution in [0.5, 0.6) is 0 Å². The van der Waals surface area contributed by atoms with E-state index in [0.29, 0.717) is 18.6 Å². The van der Waals surface area contributed by atoms with Crippen LogP contribution in [-0.4, -0.2) is 60.0 Å². The molecule has 3 aromatic rings. The van der Waals surface area contributed by atoms with E-state index in [0.717, 1.165) is 29.0 Å². The van der Waals surface area contributed by atoms with Crippen molar-refractivity contribution in [3.05, 3.63) is 47.3 Å². The van der Waals surface area contributed by atoms with Crippen LogP contribution in [0.25, 0.3) is 10.9 Å². The number of benzene rings is 1. The molecule has 0 unspecified atom stereocenters. The molecule has 0 radical (unpaired) electrons. The molecule has 2 aromatic heterocycles. The lowest BCUT2D eigenvalue weighted by molar-refractivity contribution is 0.125. The Morgan fingerprint density at radius 1 is 1.17 bits per heavy atom. The Morgan fingerprint density at radius 2 is 1.93 bits per heavy atom. The Hall–Kier alpha value is -2.86. The number of piperazine rings is 1. The average molecular weight is 425 g/mol. The monoisotopic (exact) mass is 425 g/mol. The molecule has 0 spiro atoms. The van der Waals surface area contributed by atoms with Crippen molar-refractivity contribution in [1.29, 1.82) is 0 Å². The minimum Gasteiger partial charge on any atom is -0.369 e. The fraction of sp³-hybridized carbons (Fsp3) is 0.353. The van der Waals surface area contributed by atoms with Gasteiger partial charge in [-0.2, -0.15) is 4.31 Å². The van der Waals surface area contributed by atoms with Crippen LogP contribution in [0.2, 0.25) is 0 Å². The summed E-state index contributed by atoms with van der Waals surface area (Å²) in [5.74, 6) is 0. The van der Waals surface area contributed by atoms with Gasteiger partial charge in [-0.15, -0.1) is 0 Å². The van der Waals surface area contributed by atoms with E-state index < -0.39 is 28.6 Å². The van der Waals surface area contributed by atoms with E-state index in [1.54, 1.807) is 18.2 Å². The van der Waals surface area contributed by atoms with E-state index in [1.165, 1.54) is 4.31 Å². The predicted molar refractivity (Wildman–Crippen MR) is 99.5 cm³/mol. The first kappa shape index (κ1) is 19.5. The van der Waals surface area contributed by atoms with E-state index in [4.69, 9.17) is 0 Å². The zero-order valence-corrected chi connectivity index (χ0v) is 15.9. The van der Waals surface area contributed by atoms with Gasteiger partial charge in [0.05, 0.1) is 30.0 Å². The molecule has 1 aromatic carbocycles. The fourth-order valence-corrected chi connectivity index (χ4v) is 4.56. The lowest BCUT2D eigenvalue weighted by Crippen LogP contribution is -2.48. The van der Waals surface area contributed by atoms with Crippen molar-refractivity contribution in [3.8, 4) is 0 Å². The molecule has 0 saturated carbocycles. The fourth-order valence-electron chi connectivity index (χ4n) is 3.28. The molecule has 1 aliphatic rings. The van der Waals surface area contributed by atoms with Gasteiger partial charge in [-0.3, -0.25) is 9.36 Å². The highest BCUT2D eigenvalue weighted by Gasteiger charge is 2.29. The van der Waals surface area contributed by atoms with Gasteiger partial charge in [0, 0.05) is 31.9 Å². The number of halogens is 2. The normalized spacial score (nSPS) is 16.0. The van der Waals surface area contributed by atoms with Crippen LogP contribution >= 0.6 is 0 Å². The summed E-state index contributed by atoms with van der Waals surface area (Å²) in [4.78, 5) is 18.4. The van der Waals surface area contributed by atoms with Gasteiger partial charge in [-0.05, 0) is 18.2 Å². The first-order chi connectivity index (χ1) is 13.9. The Kier molecular flexibility index (Phi) is 5.04. The summed E-state index contributed by atoms with van der Waals surface area (Å²) < 4.78 is 57.0. The minimum absolute atomic E-state index is 0.0148. The third-order valence-electron chi connectivity index (χ3n) is 4.79. The maximum absolute atomic E-state index is 12.6. The number of aromatic nitrogens is 3. The van der Waals surface area contributed by atoms with E-state index in [9.17, 15) is 22.0 Å². The molecule has 0 N–H and O–H groups in total. The van der Waals surface area contributed by atoms with Gasteiger partial charge in [0.2, 0.25) is 10.0 Å². The summed E-state index contributed by atoms with van der Waals surface area (Å²) in [5, 5.41) is 3.69. The summed E-state index contributed by atoms with van der Waals surface area (Å²) in [6.07, 6.45) is 0.732. The molecule has 0 atom stereocenters. The van der Waals surface area contributed by atoms with Gasteiger partial charge in [0.1, 0.15) is 11.2 Å². The van der Waals surface area contributed by atoms with Gasteiger partial charge in [0.25, 0.3) is 12.0 Å². The number of fused-ring (bicyclic) bond motifs is 1. The first-order valence-electron chi connectivity index (χ1n) is 8.78. The summed E-state index contributed by atoms with van der Waals surface area (Å²) in [5.41, 5.74) is 0.655. The molecule has 1 saturated heterocycles. The summed E-state index contributed by atoms with van der Waals surface area (Å²) >= 11 is 0. The van der Waals surface area contributed by atoms with Crippen LogP contribution in [0.4, 0.5) is 14.5 Å². The zero-order valence-electron chi connectivity index (χ0n) is 15.1. The predicted octanol–water partition coefficient (Wildman–Crippen LogP) is 1.16. The number of sulfonamides is 1. The third kappa shape index (κ3) is 3.72. The summed E-state index contributed by atoms with van der Waals surface area (Å²) in [6.45, 7) is 0.729. The van der Waals surface area contributed by atoms with E-state index in [2.05, 4.69) is 14.7 Å². The quantitative estimate of drug-likeness (QED) is 0.605. The number of hydrogen-bond donors (Lipinski definition) is 0. The van der Waals surface area contributed by atoms with Crippen molar-refractivity contribution in [2.24, 2.45) is 0 Å². The highest BCUT2D eigenvalue weighted by Crippen LogP contribution is 2.23. The van der Waals surface area contributed by atoms with Crippen LogP contribution in [0.15, 0.2) is 51.2 Å². The van der Waals surface area contributed by atoms with Crippen molar-refractivity contribution in [1.82, 2.24) is 19.0 Å². The molecule has 0 bridgehead atoms. The molecule has 0 aliphatic carbocycles. The minimum atomic E-state index is -3.65. The average Bonchev–Trinajstić information content (AvgIpc) is 3.25. The summed E-state index contributed by atoms with van der Waals surface area (Å²) in [6, 6.07) is 4.97. The second-order valence-electron chi connectivity index (χ2n) is 6.55. The van der Waals surface area contributed by atoms with Crippen molar-refractivity contribution in [2.75, 3.05) is 31.1 Å². The van der Waals surface area contributed by atoms with Crippen LogP contribution in [0.1, 0.15) is 0 Å². The molecule has 154 valence electrons. The molecular formula is C17H17F2N5O4S. The lowest BCUT2D eigenvalue weighted by atomic mass is 10.2. The molecule has 9 nitrogen and oxygen atoms in total. The molecule has 4 rings (SSSR count). The van der Waals surface area contributed by atoms with Crippen molar-refractivity contribution in [3.63, 3.8) is 0 Å². The van der Waals surface area contributed by atoms with E-state index in [-0.39, 0.29) is 23.4 Å². The van der Waals surface area contributed by atoms with Gasteiger partial charge in [-0.25, -0.2) is 22.2 Å². The van der Waals surface area contributed by atoms with Crippen molar-refractivity contribution >= 4 is 26.6 Å². The standard InChI is InChI=1S/C17H17F2N5O4S/c18-16(19)9-23-11-20-15-7-12(1-2-14(15)17(23)25)22-3-5-24(6-4-22)29(26,27)13-8-21-28-10-13/h1-2,7-8,10-11,16H,3-6,9H2. The van der Waals surface area contributed by atoms with Gasteiger partial charge in [-0.1, -0.05) is 5.16 Å². The molecule has 1 fully saturated rings. The van der Waals surface area contributed by atoms with Crippen LogP contribution in [0, 0.1) is 0 Å². The largest absolute Gasteiger partial charge is 0.369 e. The zero-order chi connectivity index (χ0) is 20.6. The molecular weight excluding hydrogens is 408 g/mol. The van der Waals surface area contributed by atoms with Crippen LogP contribution in [-0.2, 0) is 16.6 Å². The molecule has 29 heavy (non-hydrogen) atoms. The second-order valence-corrected chi connectivity index (χ2v) is 8.48. The van der Waals surface area contributed by atoms with E-state index >= 15 is 0 Å². The lowest BCUT2D eigenvalue weighted by Gasteiger charge is -2.35. The van der Waals surface area contributed by atoms with Gasteiger partial charge >= 0.3 is 0 Å². The molecule has 1 aliphatic heterocycles. The Bertz CT molecular complexity index is 1170. The molecule has 0 amide bonds. The highest BCUT2D eigenvalue weighted by atomic mass is 32.2. The summed E-state index contributed by atoms with van der Waals surface area (Å²) in [7, 11) is -3.65. The van der Waals surface area contributed by atoms with Gasteiger partial charge < -0.3 is 9.42 Å². The maximum atomic E-state index is 12.6. The number of anilines is 1. The van der Waals surface area contributed by atoms with Gasteiger partial charge in [0.15, 0.2) is 0 Å². The Balaban J connectivity index is 1.52. The topological polar surface area (TPSA) is 102 Å². The molecule has 3 heterocycles. The Morgan fingerprint density at radius 3 is 2.59 bits per heavy atom.